The van der Waals surface area contributed by atoms with Gasteiger partial charge in [-0.2, -0.15) is 5.26 Å². The van der Waals surface area contributed by atoms with Crippen molar-refractivity contribution < 1.29 is 14.9 Å². The highest BCUT2D eigenvalue weighted by atomic mass is 16.5. The average molecular weight is 421 g/mol. The Labute approximate surface area is 182 Å². The van der Waals surface area contributed by atoms with Crippen molar-refractivity contribution in [2.45, 2.75) is 38.9 Å². The molecule has 1 aromatic carbocycles. The molecule has 1 fully saturated rings. The smallest absolute Gasteiger partial charge is 0.139 e. The summed E-state index contributed by atoms with van der Waals surface area (Å²) in [5.41, 5.74) is 4.81. The van der Waals surface area contributed by atoms with Crippen LogP contribution in [0.2, 0.25) is 0 Å². The topological polar surface area (TPSA) is 94.5 Å². The fraction of sp³-hybridized carbons (Fsp3) is 0.417. The van der Waals surface area contributed by atoms with Crippen LogP contribution in [-0.2, 0) is 0 Å². The Balaban J connectivity index is 1.77. The zero-order chi connectivity index (χ0) is 22.0. The summed E-state index contributed by atoms with van der Waals surface area (Å²) in [5, 5.41) is 30.1. The van der Waals surface area contributed by atoms with E-state index in [-0.39, 0.29) is 6.10 Å². The van der Waals surface area contributed by atoms with E-state index in [9.17, 15) is 10.2 Å². The molecule has 2 aromatic heterocycles. The van der Waals surface area contributed by atoms with Crippen LogP contribution in [0, 0.1) is 18.3 Å². The van der Waals surface area contributed by atoms with Crippen molar-refractivity contribution in [1.82, 2.24) is 14.5 Å². The molecule has 1 atom stereocenters. The van der Waals surface area contributed by atoms with Gasteiger partial charge < -0.3 is 24.4 Å². The van der Waals surface area contributed by atoms with Gasteiger partial charge in [0, 0.05) is 42.6 Å². The van der Waals surface area contributed by atoms with E-state index in [2.05, 4.69) is 20.5 Å². The predicted octanol–water partition coefficient (Wildman–Crippen LogP) is 3.09. The number of aliphatic hydroxyl groups excluding tert-OH is 2. The van der Waals surface area contributed by atoms with Gasteiger partial charge in [0.05, 0.1) is 47.7 Å². The molecule has 2 N–H and O–H groups in total. The van der Waals surface area contributed by atoms with E-state index in [1.165, 1.54) is 0 Å². The Bertz CT molecular complexity index is 1090. The molecular formula is C24H28N4O3. The minimum Gasteiger partial charge on any atom is -0.492 e. The van der Waals surface area contributed by atoms with Crippen LogP contribution >= 0.6 is 0 Å². The Kier molecular flexibility index (Phi) is 6.23. The number of benzene rings is 1. The van der Waals surface area contributed by atoms with Crippen LogP contribution in [0.3, 0.4) is 0 Å². The zero-order valence-electron chi connectivity index (χ0n) is 18.0. The summed E-state index contributed by atoms with van der Waals surface area (Å²) in [4.78, 5) is 6.84. The second kappa shape index (κ2) is 9.06. The number of nitrogens with zero attached hydrogens (tertiary/aromatic N) is 4. The first-order chi connectivity index (χ1) is 15.0. The zero-order valence-corrected chi connectivity index (χ0v) is 18.0. The summed E-state index contributed by atoms with van der Waals surface area (Å²) in [6.07, 6.45) is 2.21. The summed E-state index contributed by atoms with van der Waals surface area (Å²) >= 11 is 0. The number of fused-ring (bicyclic) bond motifs is 1. The minimum absolute atomic E-state index is 0.243. The second-order valence-electron chi connectivity index (χ2n) is 8.01. The number of aromatic nitrogens is 2. The van der Waals surface area contributed by atoms with Crippen molar-refractivity contribution in [3.8, 4) is 17.5 Å². The number of ether oxygens (including phenoxy) is 1. The summed E-state index contributed by atoms with van der Waals surface area (Å²) < 4.78 is 7.73. The molecule has 0 bridgehead atoms. The first kappa shape index (κ1) is 21.3. The van der Waals surface area contributed by atoms with Crippen molar-refractivity contribution in [3.05, 3.63) is 53.3 Å². The quantitative estimate of drug-likeness (QED) is 0.636. The number of likely N-dealkylation sites (tertiary alicyclic amines) is 1. The summed E-state index contributed by atoms with van der Waals surface area (Å²) in [5.74, 6) is 0.674. The summed E-state index contributed by atoms with van der Waals surface area (Å²) in [7, 11) is 0. The molecule has 0 radical (unpaired) electrons. The van der Waals surface area contributed by atoms with Crippen LogP contribution in [0.5, 0.6) is 5.75 Å². The molecule has 0 spiro atoms. The van der Waals surface area contributed by atoms with Gasteiger partial charge in [-0.05, 0) is 51.0 Å². The Morgan fingerprint density at radius 2 is 1.97 bits per heavy atom. The number of β-amino-alcohol motifs (C(OH)–C–C–N with tert-alkyl or cyclic N) is 1. The molecule has 31 heavy (non-hydrogen) atoms. The standard InChI is InChI=1S/C24H28N4O3/c1-3-31-20-12-21-24(26-14-20)23(22(30)15-27-10-8-19(29)9-11-27)16(2)28(21)18-6-4-17(13-25)5-7-18/h4-7,12,14,19,22,29-30H,3,8-11,15H2,1-2H3. The van der Waals surface area contributed by atoms with E-state index >= 15 is 0 Å². The van der Waals surface area contributed by atoms with Gasteiger partial charge >= 0.3 is 0 Å². The largest absolute Gasteiger partial charge is 0.492 e. The molecule has 0 amide bonds. The lowest BCUT2D eigenvalue weighted by atomic mass is 10.0. The molecule has 1 aliphatic rings. The van der Waals surface area contributed by atoms with Gasteiger partial charge in [0.25, 0.3) is 0 Å². The molecular weight excluding hydrogens is 392 g/mol. The maximum Gasteiger partial charge on any atom is 0.139 e. The number of nitriles is 1. The van der Waals surface area contributed by atoms with Gasteiger partial charge in [0.2, 0.25) is 0 Å². The van der Waals surface area contributed by atoms with Crippen LogP contribution in [0.25, 0.3) is 16.7 Å². The van der Waals surface area contributed by atoms with Gasteiger partial charge in [0.1, 0.15) is 5.75 Å². The Morgan fingerprint density at radius 1 is 1.26 bits per heavy atom. The van der Waals surface area contributed by atoms with E-state index in [1.54, 1.807) is 18.3 Å². The van der Waals surface area contributed by atoms with Gasteiger partial charge in [-0.15, -0.1) is 0 Å². The van der Waals surface area contributed by atoms with Crippen LogP contribution < -0.4 is 4.74 Å². The molecule has 1 unspecified atom stereocenters. The third kappa shape index (κ3) is 4.28. The fourth-order valence-corrected chi connectivity index (χ4v) is 4.39. The van der Waals surface area contributed by atoms with Crippen LogP contribution in [0.4, 0.5) is 0 Å². The maximum atomic E-state index is 11.2. The molecule has 4 rings (SSSR count). The van der Waals surface area contributed by atoms with E-state index in [4.69, 9.17) is 10.00 Å². The maximum absolute atomic E-state index is 11.2. The lowest BCUT2D eigenvalue weighted by Crippen LogP contribution is -2.38. The summed E-state index contributed by atoms with van der Waals surface area (Å²) in [6, 6.07) is 11.5. The number of aliphatic hydroxyl groups is 2. The van der Waals surface area contributed by atoms with E-state index in [1.807, 2.05) is 32.0 Å². The molecule has 1 aliphatic heterocycles. The number of hydrogen-bond acceptors (Lipinski definition) is 6. The van der Waals surface area contributed by atoms with E-state index in [0.717, 1.165) is 53.9 Å². The number of piperidine rings is 1. The molecule has 7 heteroatoms. The lowest BCUT2D eigenvalue weighted by Gasteiger charge is -2.31. The molecule has 0 aliphatic carbocycles. The van der Waals surface area contributed by atoms with Crippen molar-refractivity contribution in [2.75, 3.05) is 26.2 Å². The van der Waals surface area contributed by atoms with Gasteiger partial charge in [-0.1, -0.05) is 0 Å². The van der Waals surface area contributed by atoms with Gasteiger partial charge in [0.15, 0.2) is 0 Å². The first-order valence-corrected chi connectivity index (χ1v) is 10.7. The monoisotopic (exact) mass is 420 g/mol. The summed E-state index contributed by atoms with van der Waals surface area (Å²) in [6.45, 7) is 6.49. The van der Waals surface area contributed by atoms with Gasteiger partial charge in [-0.25, -0.2) is 0 Å². The molecule has 1 saturated heterocycles. The number of hydrogen-bond donors (Lipinski definition) is 2. The third-order valence-electron chi connectivity index (χ3n) is 5.95. The number of pyridine rings is 1. The third-order valence-corrected chi connectivity index (χ3v) is 5.95. The molecule has 7 nitrogen and oxygen atoms in total. The van der Waals surface area contributed by atoms with E-state index in [0.29, 0.717) is 24.5 Å². The highest BCUT2D eigenvalue weighted by molar-refractivity contribution is 5.85. The Hall–Kier alpha value is -2.92. The van der Waals surface area contributed by atoms with Crippen molar-refractivity contribution in [3.63, 3.8) is 0 Å². The van der Waals surface area contributed by atoms with Crippen LogP contribution in [0.15, 0.2) is 36.5 Å². The van der Waals surface area contributed by atoms with Crippen molar-refractivity contribution in [1.29, 1.82) is 5.26 Å². The molecule has 3 aromatic rings. The van der Waals surface area contributed by atoms with Crippen molar-refractivity contribution in [2.24, 2.45) is 0 Å². The van der Waals surface area contributed by atoms with Crippen LogP contribution in [0.1, 0.15) is 42.7 Å². The first-order valence-electron chi connectivity index (χ1n) is 10.7. The Morgan fingerprint density at radius 3 is 2.61 bits per heavy atom. The predicted molar refractivity (Wildman–Crippen MR) is 118 cm³/mol. The van der Waals surface area contributed by atoms with E-state index < -0.39 is 6.10 Å². The van der Waals surface area contributed by atoms with Crippen LogP contribution in [-0.4, -0.2) is 57.0 Å². The molecule has 0 saturated carbocycles. The molecule has 3 heterocycles. The molecule has 162 valence electrons. The normalized spacial score (nSPS) is 16.4. The second-order valence-corrected chi connectivity index (χ2v) is 8.01. The average Bonchev–Trinajstić information content (AvgIpc) is 3.07. The highest BCUT2D eigenvalue weighted by Crippen LogP contribution is 2.34. The fourth-order valence-electron chi connectivity index (χ4n) is 4.39. The van der Waals surface area contributed by atoms with Gasteiger partial charge in [-0.3, -0.25) is 4.98 Å². The highest BCUT2D eigenvalue weighted by Gasteiger charge is 2.26. The van der Waals surface area contributed by atoms with Crippen molar-refractivity contribution >= 4 is 11.0 Å². The lowest BCUT2D eigenvalue weighted by molar-refractivity contribution is 0.0509. The SMILES string of the molecule is CCOc1cnc2c(C(O)CN3CCC(O)CC3)c(C)n(-c3ccc(C#N)cc3)c2c1. The minimum atomic E-state index is -0.706. The number of rotatable bonds is 6.